The maximum absolute atomic E-state index is 13.8. The van der Waals surface area contributed by atoms with Crippen LogP contribution >= 0.6 is 7.60 Å². The molecule has 0 spiro atoms. The second kappa shape index (κ2) is 11.7. The van der Waals surface area contributed by atoms with Gasteiger partial charge in [0.05, 0.1) is 12.8 Å². The van der Waals surface area contributed by atoms with Gasteiger partial charge in [-0.25, -0.2) is 4.57 Å². The number of unbranched alkanes of at least 4 members (excludes halogenated alkanes) is 2. The molecule has 0 aromatic heterocycles. The Bertz CT molecular complexity index is 952. The summed E-state index contributed by atoms with van der Waals surface area (Å²) >= 11 is 0. The average Bonchev–Trinajstić information content (AvgIpc) is 2.74. The maximum atomic E-state index is 13.8. The Morgan fingerprint density at radius 1 is 1.09 bits per heavy atom. The molecule has 32 heavy (non-hydrogen) atoms. The van der Waals surface area contributed by atoms with Crippen molar-refractivity contribution in [3.05, 3.63) is 70.8 Å². The van der Waals surface area contributed by atoms with E-state index in [-0.39, 0.29) is 17.8 Å². The van der Waals surface area contributed by atoms with E-state index in [0.717, 1.165) is 61.6 Å². The van der Waals surface area contributed by atoms with E-state index in [2.05, 4.69) is 19.9 Å². The van der Waals surface area contributed by atoms with Crippen molar-refractivity contribution in [1.29, 1.82) is 0 Å². The van der Waals surface area contributed by atoms with Gasteiger partial charge in [-0.05, 0) is 69.2 Å². The lowest BCUT2D eigenvalue weighted by Crippen LogP contribution is -2.08. The van der Waals surface area contributed by atoms with Crippen LogP contribution in [0.4, 0.5) is 0 Å². The Hall–Kier alpha value is -2.03. The van der Waals surface area contributed by atoms with Crippen LogP contribution in [0.5, 0.6) is 11.5 Å². The third-order valence-corrected chi connectivity index (χ3v) is 7.85. The van der Waals surface area contributed by atoms with Crippen molar-refractivity contribution in [3.8, 4) is 11.5 Å². The van der Waals surface area contributed by atoms with Gasteiger partial charge in [0.25, 0.3) is 0 Å². The first kappa shape index (κ1) is 24.6. The number of allylic oxidation sites excluding steroid dienone is 2. The fourth-order valence-corrected chi connectivity index (χ4v) is 6.15. The third-order valence-electron chi connectivity index (χ3n) is 5.97. The molecule has 3 rings (SSSR count). The zero-order chi connectivity index (χ0) is 23.0. The molecule has 1 aliphatic rings. The summed E-state index contributed by atoms with van der Waals surface area (Å²) < 4.78 is 25.7. The summed E-state index contributed by atoms with van der Waals surface area (Å²) in [6, 6.07) is 13.5. The fourth-order valence-electron chi connectivity index (χ4n) is 4.44. The molecule has 0 saturated heterocycles. The van der Waals surface area contributed by atoms with E-state index in [1.165, 1.54) is 5.57 Å². The zero-order valence-corrected chi connectivity index (χ0v) is 20.6. The lowest BCUT2D eigenvalue weighted by Gasteiger charge is -2.26. The van der Waals surface area contributed by atoms with E-state index in [1.54, 1.807) is 0 Å². The number of aryl methyl sites for hydroxylation is 1. The molecule has 1 aliphatic carbocycles. The SMILES string of the molecule is CCCCCc1cc(O)c(C2C=C(C)CCC2)c(OP(=O)(Cc2ccccc2)OCC)c1. The van der Waals surface area contributed by atoms with Crippen molar-refractivity contribution in [2.24, 2.45) is 0 Å². The smallest absolute Gasteiger partial charge is 0.383 e. The molecule has 0 heterocycles. The Morgan fingerprint density at radius 3 is 2.56 bits per heavy atom. The predicted molar refractivity (Wildman–Crippen MR) is 132 cm³/mol. The van der Waals surface area contributed by atoms with Crippen LogP contribution in [0.15, 0.2) is 54.1 Å². The molecule has 2 unspecified atom stereocenters. The van der Waals surface area contributed by atoms with Crippen LogP contribution in [0.3, 0.4) is 0 Å². The molecule has 0 radical (unpaired) electrons. The minimum Gasteiger partial charge on any atom is -0.507 e. The number of aromatic hydroxyl groups is 1. The molecule has 0 amide bonds. The summed E-state index contributed by atoms with van der Waals surface area (Å²) in [5, 5.41) is 11.0. The summed E-state index contributed by atoms with van der Waals surface area (Å²) in [6.07, 6.45) is 9.66. The van der Waals surface area contributed by atoms with Gasteiger partial charge in [-0.2, -0.15) is 0 Å². The third kappa shape index (κ3) is 6.73. The second-order valence-electron chi connectivity index (χ2n) is 8.76. The van der Waals surface area contributed by atoms with E-state index < -0.39 is 7.60 Å². The topological polar surface area (TPSA) is 55.8 Å². The number of hydrogen-bond acceptors (Lipinski definition) is 4. The number of phenols is 1. The lowest BCUT2D eigenvalue weighted by atomic mass is 9.84. The molecule has 1 N–H and O–H groups in total. The largest absolute Gasteiger partial charge is 0.507 e. The highest BCUT2D eigenvalue weighted by Gasteiger charge is 2.30. The monoisotopic (exact) mass is 456 g/mol. The Balaban J connectivity index is 1.99. The molecule has 2 aromatic carbocycles. The van der Waals surface area contributed by atoms with Gasteiger partial charge in [0.1, 0.15) is 11.5 Å². The Kier molecular flexibility index (Phi) is 9.02. The molecule has 2 atom stereocenters. The molecule has 0 aliphatic heterocycles. The number of phenolic OH excluding ortho intramolecular Hbond substituents is 1. The number of benzene rings is 2. The van der Waals surface area contributed by atoms with Crippen LogP contribution in [0.25, 0.3) is 0 Å². The lowest BCUT2D eigenvalue weighted by molar-refractivity contribution is 0.276. The van der Waals surface area contributed by atoms with Crippen LogP contribution < -0.4 is 4.52 Å². The van der Waals surface area contributed by atoms with Crippen molar-refractivity contribution in [2.45, 2.75) is 77.8 Å². The maximum Gasteiger partial charge on any atom is 0.383 e. The van der Waals surface area contributed by atoms with E-state index >= 15 is 0 Å². The van der Waals surface area contributed by atoms with Crippen molar-refractivity contribution in [1.82, 2.24) is 0 Å². The van der Waals surface area contributed by atoms with Crippen LogP contribution in [-0.4, -0.2) is 11.7 Å². The van der Waals surface area contributed by atoms with Gasteiger partial charge in [-0.15, -0.1) is 0 Å². The minimum atomic E-state index is -3.46. The predicted octanol–water partition coefficient (Wildman–Crippen LogP) is 8.15. The van der Waals surface area contributed by atoms with Crippen molar-refractivity contribution < 1.29 is 18.7 Å². The standard InChI is InChI=1S/C27H37O4P/c1-4-6-8-15-23-18-25(28)27(24-16-11-12-21(3)17-24)26(19-23)31-32(29,30-5-2)20-22-13-9-7-10-14-22/h7,9-10,13-14,17-19,24,28H,4-6,8,11-12,15-16,20H2,1-3H3. The quantitative estimate of drug-likeness (QED) is 0.211. The van der Waals surface area contributed by atoms with Crippen molar-refractivity contribution >= 4 is 7.60 Å². The van der Waals surface area contributed by atoms with Crippen LogP contribution in [0.2, 0.25) is 0 Å². The summed E-state index contributed by atoms with van der Waals surface area (Å²) in [4.78, 5) is 0. The van der Waals surface area contributed by atoms with Crippen molar-refractivity contribution in [2.75, 3.05) is 6.61 Å². The molecular weight excluding hydrogens is 419 g/mol. The zero-order valence-electron chi connectivity index (χ0n) is 19.7. The fraction of sp³-hybridized carbons (Fsp3) is 0.481. The van der Waals surface area contributed by atoms with Gasteiger partial charge < -0.3 is 9.63 Å². The highest BCUT2D eigenvalue weighted by molar-refractivity contribution is 7.53. The minimum absolute atomic E-state index is 0.0512. The highest BCUT2D eigenvalue weighted by Crippen LogP contribution is 2.54. The van der Waals surface area contributed by atoms with E-state index in [4.69, 9.17) is 9.05 Å². The van der Waals surface area contributed by atoms with E-state index in [9.17, 15) is 9.67 Å². The normalized spacial score (nSPS) is 18.1. The van der Waals surface area contributed by atoms with E-state index in [0.29, 0.717) is 12.4 Å². The molecular formula is C27H37O4P. The van der Waals surface area contributed by atoms with Crippen LogP contribution in [0.1, 0.15) is 81.9 Å². The van der Waals surface area contributed by atoms with Gasteiger partial charge in [0.15, 0.2) is 0 Å². The molecule has 0 fully saturated rings. The summed E-state index contributed by atoms with van der Waals surface area (Å²) in [7, 11) is -3.46. The van der Waals surface area contributed by atoms with Gasteiger partial charge in [-0.1, -0.05) is 61.7 Å². The second-order valence-corrected chi connectivity index (χ2v) is 10.7. The molecule has 0 bridgehead atoms. The van der Waals surface area contributed by atoms with Gasteiger partial charge in [0, 0.05) is 11.5 Å². The molecule has 0 saturated carbocycles. The summed E-state index contributed by atoms with van der Waals surface area (Å²) in [5.74, 6) is 0.781. The molecule has 2 aromatic rings. The van der Waals surface area contributed by atoms with Gasteiger partial charge in [-0.3, -0.25) is 4.52 Å². The Labute approximate surface area is 193 Å². The van der Waals surface area contributed by atoms with Crippen LogP contribution in [-0.2, 0) is 21.7 Å². The molecule has 174 valence electrons. The van der Waals surface area contributed by atoms with E-state index in [1.807, 2.05) is 49.4 Å². The van der Waals surface area contributed by atoms with Crippen LogP contribution in [0, 0.1) is 0 Å². The number of rotatable bonds is 11. The number of hydrogen-bond donors (Lipinski definition) is 1. The highest BCUT2D eigenvalue weighted by atomic mass is 31.2. The summed E-state index contributed by atoms with van der Waals surface area (Å²) in [5.41, 5.74) is 3.96. The first-order valence-electron chi connectivity index (χ1n) is 11.9. The summed E-state index contributed by atoms with van der Waals surface area (Å²) in [6.45, 7) is 6.43. The van der Waals surface area contributed by atoms with Gasteiger partial charge >= 0.3 is 7.60 Å². The average molecular weight is 457 g/mol. The molecule has 4 nitrogen and oxygen atoms in total. The Morgan fingerprint density at radius 2 is 1.88 bits per heavy atom. The first-order chi connectivity index (χ1) is 15.4. The molecule has 5 heteroatoms. The first-order valence-corrected chi connectivity index (χ1v) is 13.7. The van der Waals surface area contributed by atoms with Crippen molar-refractivity contribution in [3.63, 3.8) is 0 Å². The van der Waals surface area contributed by atoms with Gasteiger partial charge in [0.2, 0.25) is 0 Å².